The molecule has 2 saturated heterocycles. The number of anilines is 1. The van der Waals surface area contributed by atoms with Crippen molar-refractivity contribution in [3.63, 3.8) is 0 Å². The predicted octanol–water partition coefficient (Wildman–Crippen LogP) is 2.16. The number of amides is 2. The van der Waals surface area contributed by atoms with Gasteiger partial charge in [-0.05, 0) is 56.3 Å². The van der Waals surface area contributed by atoms with Crippen molar-refractivity contribution in [3.8, 4) is 0 Å². The SMILES string of the molecule is O=C(NCCCc1cccnc1)[C@H]1C[C@H]2CCCN2[C@]12C(=O)Nc1ccccc12.O=CO. The van der Waals surface area contributed by atoms with E-state index in [-0.39, 0.29) is 24.2 Å². The Hall–Kier alpha value is -3.26. The van der Waals surface area contributed by atoms with Gasteiger partial charge in [-0.1, -0.05) is 24.3 Å². The van der Waals surface area contributed by atoms with Crippen LogP contribution in [-0.4, -0.2) is 52.4 Å². The van der Waals surface area contributed by atoms with Gasteiger partial charge in [-0.2, -0.15) is 0 Å². The quantitative estimate of drug-likeness (QED) is 0.489. The lowest BCUT2D eigenvalue weighted by molar-refractivity contribution is -0.137. The predicted molar refractivity (Wildman–Crippen MR) is 119 cm³/mol. The summed E-state index contributed by atoms with van der Waals surface area (Å²) in [6.07, 6.45) is 8.25. The van der Waals surface area contributed by atoms with E-state index in [0.717, 1.165) is 49.9 Å². The summed E-state index contributed by atoms with van der Waals surface area (Å²) in [7, 11) is 0. The van der Waals surface area contributed by atoms with Gasteiger partial charge in [0.2, 0.25) is 11.8 Å². The zero-order valence-corrected chi connectivity index (χ0v) is 17.9. The van der Waals surface area contributed by atoms with E-state index in [1.165, 1.54) is 5.56 Å². The molecule has 3 N–H and O–H groups in total. The Kier molecular flexibility index (Phi) is 6.50. The Balaban J connectivity index is 0.000000775. The van der Waals surface area contributed by atoms with Crippen molar-refractivity contribution in [1.82, 2.24) is 15.2 Å². The molecule has 0 unspecified atom stereocenters. The van der Waals surface area contributed by atoms with E-state index in [2.05, 4.69) is 26.6 Å². The van der Waals surface area contributed by atoms with Crippen LogP contribution in [0.1, 0.15) is 36.8 Å². The minimum Gasteiger partial charge on any atom is -0.483 e. The standard InChI is InChI=1S/C23H26N4O2.CH2O2/c28-21(25-12-4-7-16-6-3-11-24-15-16)19-14-17-8-5-13-27(17)23(19)18-9-1-2-10-20(18)26-22(23)29;2-1-3/h1-3,6,9-11,15,17,19H,4-5,7-8,12-14H2,(H,25,28)(H,26,29);1H,(H,2,3)/t17-,19-,23+;/m1./s1. The number of carbonyl (C=O) groups is 3. The molecule has 2 fully saturated rings. The second kappa shape index (κ2) is 9.48. The number of nitrogens with zero attached hydrogens (tertiary/aromatic N) is 2. The van der Waals surface area contributed by atoms with Gasteiger partial charge in [0.25, 0.3) is 6.47 Å². The second-order valence-electron chi connectivity index (χ2n) is 8.41. The molecule has 5 rings (SSSR count). The molecule has 8 nitrogen and oxygen atoms in total. The molecule has 8 heteroatoms. The first-order valence-corrected chi connectivity index (χ1v) is 11.0. The number of hydrogen-bond acceptors (Lipinski definition) is 5. The van der Waals surface area contributed by atoms with Crippen molar-refractivity contribution in [2.24, 2.45) is 5.92 Å². The molecule has 3 aliphatic heterocycles. The van der Waals surface area contributed by atoms with Gasteiger partial charge >= 0.3 is 0 Å². The van der Waals surface area contributed by atoms with Crippen molar-refractivity contribution in [1.29, 1.82) is 0 Å². The van der Waals surface area contributed by atoms with E-state index in [0.29, 0.717) is 12.6 Å². The van der Waals surface area contributed by atoms with Gasteiger partial charge < -0.3 is 15.7 Å². The number of carboxylic acid groups (broad SMARTS) is 1. The highest BCUT2D eigenvalue weighted by atomic mass is 16.3. The molecule has 0 bridgehead atoms. The maximum absolute atomic E-state index is 13.3. The van der Waals surface area contributed by atoms with Crippen LogP contribution in [0, 0.1) is 5.92 Å². The van der Waals surface area contributed by atoms with Crippen molar-refractivity contribution in [3.05, 3.63) is 59.9 Å². The number of aromatic nitrogens is 1. The summed E-state index contributed by atoms with van der Waals surface area (Å²) >= 11 is 0. The maximum Gasteiger partial charge on any atom is 0.290 e. The summed E-state index contributed by atoms with van der Waals surface area (Å²) in [6.45, 7) is 1.23. The highest BCUT2D eigenvalue weighted by Gasteiger charge is 2.65. The van der Waals surface area contributed by atoms with Crippen molar-refractivity contribution in [2.45, 2.75) is 43.7 Å². The Bertz CT molecular complexity index is 983. The first-order chi connectivity index (χ1) is 15.6. The summed E-state index contributed by atoms with van der Waals surface area (Å²) in [5.41, 5.74) is 2.12. The fraction of sp³-hybridized carbons (Fsp3) is 0.417. The van der Waals surface area contributed by atoms with Crippen LogP contribution in [0.4, 0.5) is 5.69 Å². The van der Waals surface area contributed by atoms with Crippen LogP contribution >= 0.6 is 0 Å². The average molecular weight is 437 g/mol. The zero-order valence-electron chi connectivity index (χ0n) is 17.9. The minimum atomic E-state index is -0.856. The number of carbonyl (C=O) groups excluding carboxylic acids is 2. The molecule has 2 amide bonds. The Labute approximate surface area is 187 Å². The summed E-state index contributed by atoms with van der Waals surface area (Å²) in [6, 6.07) is 12.1. The van der Waals surface area contributed by atoms with E-state index in [1.54, 1.807) is 6.20 Å². The van der Waals surface area contributed by atoms with Gasteiger partial charge in [0.05, 0.1) is 5.92 Å². The first-order valence-electron chi connectivity index (χ1n) is 11.0. The molecule has 3 atom stereocenters. The number of hydrogen-bond donors (Lipinski definition) is 3. The van der Waals surface area contributed by atoms with Crippen molar-refractivity contribution < 1.29 is 19.5 Å². The Morgan fingerprint density at radius 3 is 2.91 bits per heavy atom. The lowest BCUT2D eigenvalue weighted by Crippen LogP contribution is -2.54. The van der Waals surface area contributed by atoms with Gasteiger partial charge in [0.15, 0.2) is 0 Å². The lowest BCUT2D eigenvalue weighted by Gasteiger charge is -2.36. The number of pyridine rings is 1. The number of benzene rings is 1. The number of rotatable bonds is 5. The minimum absolute atomic E-state index is 0.00237. The molecule has 2 aromatic rings. The van der Waals surface area contributed by atoms with Gasteiger partial charge in [0, 0.05) is 36.2 Å². The van der Waals surface area contributed by atoms with Gasteiger partial charge in [-0.3, -0.25) is 24.3 Å². The number of aryl methyl sites for hydroxylation is 1. The maximum atomic E-state index is 13.3. The first kappa shape index (κ1) is 22.0. The molecule has 0 radical (unpaired) electrons. The molecule has 0 saturated carbocycles. The van der Waals surface area contributed by atoms with E-state index >= 15 is 0 Å². The highest BCUT2D eigenvalue weighted by molar-refractivity contribution is 6.09. The third kappa shape index (κ3) is 3.75. The number of para-hydroxylation sites is 1. The van der Waals surface area contributed by atoms with Crippen LogP contribution in [0.2, 0.25) is 0 Å². The van der Waals surface area contributed by atoms with Crippen molar-refractivity contribution >= 4 is 24.0 Å². The topological polar surface area (TPSA) is 112 Å². The van der Waals surface area contributed by atoms with E-state index < -0.39 is 5.54 Å². The van der Waals surface area contributed by atoms with Crippen molar-refractivity contribution in [2.75, 3.05) is 18.4 Å². The lowest BCUT2D eigenvalue weighted by atomic mass is 9.78. The molecule has 1 aromatic carbocycles. The molecular weight excluding hydrogens is 408 g/mol. The van der Waals surface area contributed by atoms with Crippen LogP contribution in [0.25, 0.3) is 0 Å². The van der Waals surface area contributed by atoms with E-state index in [9.17, 15) is 9.59 Å². The number of nitrogens with one attached hydrogen (secondary N) is 2. The summed E-state index contributed by atoms with van der Waals surface area (Å²) in [5, 5.41) is 13.1. The molecule has 1 spiro atoms. The largest absolute Gasteiger partial charge is 0.483 e. The molecule has 4 heterocycles. The highest BCUT2D eigenvalue weighted by Crippen LogP contribution is 2.55. The van der Waals surface area contributed by atoms with Gasteiger partial charge in [-0.15, -0.1) is 0 Å². The Morgan fingerprint density at radius 2 is 2.12 bits per heavy atom. The van der Waals surface area contributed by atoms with Crippen LogP contribution in [-0.2, 0) is 26.3 Å². The average Bonchev–Trinajstić information content (AvgIpc) is 3.47. The monoisotopic (exact) mass is 436 g/mol. The van der Waals surface area contributed by atoms with Crippen LogP contribution in [0.5, 0.6) is 0 Å². The molecule has 3 aliphatic rings. The molecule has 0 aliphatic carbocycles. The third-order valence-corrected chi connectivity index (χ3v) is 6.76. The van der Waals surface area contributed by atoms with E-state index in [4.69, 9.17) is 9.90 Å². The summed E-state index contributed by atoms with van der Waals surface area (Å²) < 4.78 is 0. The third-order valence-electron chi connectivity index (χ3n) is 6.76. The fourth-order valence-electron chi connectivity index (χ4n) is 5.55. The molecular formula is C24H28N4O4. The van der Waals surface area contributed by atoms with Gasteiger partial charge in [0.1, 0.15) is 5.54 Å². The van der Waals surface area contributed by atoms with Crippen LogP contribution in [0.15, 0.2) is 48.8 Å². The Morgan fingerprint density at radius 1 is 1.31 bits per heavy atom. The second-order valence-corrected chi connectivity index (χ2v) is 8.41. The van der Waals surface area contributed by atoms with Gasteiger partial charge in [-0.25, -0.2) is 0 Å². The number of fused-ring (bicyclic) bond motifs is 4. The molecule has 32 heavy (non-hydrogen) atoms. The van der Waals surface area contributed by atoms with Crippen LogP contribution < -0.4 is 10.6 Å². The normalized spacial score (nSPS) is 25.4. The summed E-state index contributed by atoms with van der Waals surface area (Å²) in [4.78, 5) is 41.4. The summed E-state index contributed by atoms with van der Waals surface area (Å²) in [5.74, 6) is -0.397. The van der Waals surface area contributed by atoms with E-state index in [1.807, 2.05) is 36.5 Å². The molecule has 1 aromatic heterocycles. The zero-order chi connectivity index (χ0) is 22.6. The molecule has 168 valence electrons. The van der Waals surface area contributed by atoms with Crippen LogP contribution in [0.3, 0.4) is 0 Å². The smallest absolute Gasteiger partial charge is 0.290 e. The fourth-order valence-corrected chi connectivity index (χ4v) is 5.55.